The molecule has 1 N–H and O–H groups in total. The summed E-state index contributed by atoms with van der Waals surface area (Å²) in [6.07, 6.45) is 3.98. The van der Waals surface area contributed by atoms with Crippen molar-refractivity contribution in [3.8, 4) is 0 Å². The molecule has 2 unspecified atom stereocenters. The molecule has 2 fully saturated rings. The third-order valence-corrected chi connectivity index (χ3v) is 10.8. The number of hydrogen-bond acceptors (Lipinski definition) is 6. The summed E-state index contributed by atoms with van der Waals surface area (Å²) in [4.78, 5) is 36.1. The average molecular weight is 532 g/mol. The summed E-state index contributed by atoms with van der Waals surface area (Å²) in [5.41, 5.74) is -2.21. The molecule has 1 amide bonds. The Kier molecular flexibility index (Phi) is 9.67. The number of Topliss-reactive ketones (excluding diaryl/α,β-unsaturated/α-hetero) is 1. The minimum absolute atomic E-state index is 0.0429. The monoisotopic (exact) mass is 531 g/mol. The van der Waals surface area contributed by atoms with E-state index in [1.54, 1.807) is 13.8 Å². The maximum Gasteiger partial charge on any atom is 0.311 e. The first-order valence-corrected chi connectivity index (χ1v) is 18.2. The first kappa shape index (κ1) is 31.8. The van der Waals surface area contributed by atoms with Gasteiger partial charge in [0.05, 0.1) is 30.9 Å². The van der Waals surface area contributed by atoms with Crippen LogP contribution in [0.1, 0.15) is 87.5 Å². The highest BCUT2D eigenvalue weighted by Crippen LogP contribution is 2.64. The first-order chi connectivity index (χ1) is 15.6. The lowest BCUT2D eigenvalue weighted by Gasteiger charge is -2.36. The second kappa shape index (κ2) is 10.6. The maximum atomic E-state index is 12.5. The molecule has 2 saturated carbocycles. The van der Waals surface area contributed by atoms with E-state index in [2.05, 4.69) is 24.4 Å². The molecule has 0 spiro atoms. The second-order valence-corrected chi connectivity index (χ2v) is 20.6. The molecule has 2 aliphatic rings. The summed E-state index contributed by atoms with van der Waals surface area (Å²) in [5, 5.41) is 0. The van der Waals surface area contributed by atoms with Crippen molar-refractivity contribution in [1.82, 2.24) is 4.72 Å². The summed E-state index contributed by atoms with van der Waals surface area (Å²) in [6, 6.07) is 0. The molecule has 0 heterocycles. The topological polar surface area (TPSA) is 107 Å². The van der Waals surface area contributed by atoms with Crippen molar-refractivity contribution in [3.05, 3.63) is 0 Å². The molecule has 2 bridgehead atoms. The van der Waals surface area contributed by atoms with Crippen molar-refractivity contribution in [2.24, 2.45) is 27.6 Å². The molecule has 7 nitrogen and oxygen atoms in total. The highest BCUT2D eigenvalue weighted by atomic mass is 32.2. The SMILES string of the molecule is CCC(C)(C)C(=O)NS(=O)(=O)CC12CCC(CC1=O)C2(C)C.CCC(C)(C)C(=O)OC[Si](C)(C)C. The first-order valence-electron chi connectivity index (χ1n) is 12.8. The Hall–Kier alpha value is -1.22. The van der Waals surface area contributed by atoms with E-state index in [-0.39, 0.29) is 34.3 Å². The molecule has 0 aromatic rings. The van der Waals surface area contributed by atoms with Crippen LogP contribution >= 0.6 is 0 Å². The van der Waals surface area contributed by atoms with Gasteiger partial charge in [-0.2, -0.15) is 0 Å². The van der Waals surface area contributed by atoms with E-state index < -0.39 is 34.8 Å². The van der Waals surface area contributed by atoms with E-state index in [9.17, 15) is 22.8 Å². The summed E-state index contributed by atoms with van der Waals surface area (Å²) in [7, 11) is -5.08. The van der Waals surface area contributed by atoms with Gasteiger partial charge in [0, 0.05) is 11.8 Å². The van der Waals surface area contributed by atoms with Gasteiger partial charge in [0.15, 0.2) is 0 Å². The highest BCUT2D eigenvalue weighted by molar-refractivity contribution is 7.90. The Morgan fingerprint density at radius 2 is 1.57 bits per heavy atom. The van der Waals surface area contributed by atoms with Gasteiger partial charge in [-0.25, -0.2) is 8.42 Å². The second-order valence-electron chi connectivity index (χ2n) is 13.5. The Morgan fingerprint density at radius 3 is 1.94 bits per heavy atom. The third-order valence-electron chi connectivity index (χ3n) is 8.40. The molecule has 2 atom stereocenters. The van der Waals surface area contributed by atoms with Crippen LogP contribution in [0.5, 0.6) is 0 Å². The van der Waals surface area contributed by atoms with Crippen LogP contribution in [0.3, 0.4) is 0 Å². The summed E-state index contributed by atoms with van der Waals surface area (Å²) in [6.45, 7) is 21.7. The fourth-order valence-electron chi connectivity index (χ4n) is 4.53. The van der Waals surface area contributed by atoms with Crippen LogP contribution < -0.4 is 4.72 Å². The number of sulfonamides is 1. The van der Waals surface area contributed by atoms with E-state index in [1.807, 2.05) is 41.5 Å². The largest absolute Gasteiger partial charge is 0.469 e. The molecule has 2 rings (SSSR count). The molecular formula is C26H49NO6SSi. The number of fused-ring (bicyclic) bond motifs is 2. The molecule has 204 valence electrons. The zero-order chi connectivity index (χ0) is 27.7. The fourth-order valence-corrected chi connectivity index (χ4v) is 7.05. The van der Waals surface area contributed by atoms with E-state index in [0.717, 1.165) is 12.8 Å². The van der Waals surface area contributed by atoms with E-state index in [1.165, 1.54) is 0 Å². The number of carbonyl (C=O) groups is 3. The lowest BCUT2D eigenvalue weighted by molar-refractivity contribution is -0.152. The number of hydrogen-bond donors (Lipinski definition) is 1. The number of nitrogens with one attached hydrogen (secondary N) is 1. The molecule has 9 heteroatoms. The van der Waals surface area contributed by atoms with Crippen LogP contribution in [0.2, 0.25) is 19.6 Å². The lowest BCUT2D eigenvalue weighted by atomic mass is 9.70. The molecule has 0 aromatic heterocycles. The van der Waals surface area contributed by atoms with E-state index >= 15 is 0 Å². The van der Waals surface area contributed by atoms with Crippen molar-refractivity contribution in [3.63, 3.8) is 0 Å². The van der Waals surface area contributed by atoms with Gasteiger partial charge in [-0.05, 0) is 50.9 Å². The predicted molar refractivity (Wildman–Crippen MR) is 143 cm³/mol. The molecule has 0 radical (unpaired) electrons. The normalized spacial score (nSPS) is 24.0. The van der Waals surface area contributed by atoms with Crippen molar-refractivity contribution >= 4 is 35.8 Å². The molecule has 0 aromatic carbocycles. The highest BCUT2D eigenvalue weighted by Gasteiger charge is 2.65. The summed E-state index contributed by atoms with van der Waals surface area (Å²) in [5.74, 6) is -0.519. The number of carbonyl (C=O) groups excluding carboxylic acids is 3. The van der Waals surface area contributed by atoms with Crippen LogP contribution in [0.15, 0.2) is 0 Å². The molecule has 35 heavy (non-hydrogen) atoms. The minimum Gasteiger partial charge on any atom is -0.469 e. The van der Waals surface area contributed by atoms with Crippen molar-refractivity contribution in [2.75, 3.05) is 12.0 Å². The van der Waals surface area contributed by atoms with Crippen LogP contribution in [0, 0.1) is 27.6 Å². The number of ketones is 1. The van der Waals surface area contributed by atoms with Gasteiger partial charge in [-0.3, -0.25) is 19.1 Å². The predicted octanol–water partition coefficient (Wildman–Crippen LogP) is 5.11. The molecule has 0 saturated heterocycles. The van der Waals surface area contributed by atoms with Crippen LogP contribution in [-0.2, 0) is 29.1 Å². The van der Waals surface area contributed by atoms with Crippen molar-refractivity contribution in [1.29, 1.82) is 0 Å². The quantitative estimate of drug-likeness (QED) is 0.327. The zero-order valence-electron chi connectivity index (χ0n) is 23.9. The maximum absolute atomic E-state index is 12.5. The van der Waals surface area contributed by atoms with Crippen LogP contribution in [0.25, 0.3) is 0 Å². The smallest absolute Gasteiger partial charge is 0.311 e. The number of esters is 1. The molecular weight excluding hydrogens is 482 g/mol. The summed E-state index contributed by atoms with van der Waals surface area (Å²) >= 11 is 0. The van der Waals surface area contributed by atoms with Gasteiger partial charge >= 0.3 is 5.97 Å². The Morgan fingerprint density at radius 1 is 1.06 bits per heavy atom. The van der Waals surface area contributed by atoms with Crippen LogP contribution in [-0.4, -0.2) is 46.1 Å². The third kappa shape index (κ3) is 7.40. The lowest BCUT2D eigenvalue weighted by Crippen LogP contribution is -2.48. The van der Waals surface area contributed by atoms with Gasteiger partial charge in [-0.15, -0.1) is 0 Å². The number of amides is 1. The standard InChI is InChI=1S/C16H27NO4S.C10H22O2Si/c1-6-14(2,3)13(19)17-22(20,21)10-16-8-7-11(9-12(16)18)15(16,4)5;1-7-10(2,3)9(11)12-8-13(4,5)6/h11H,6-10H2,1-5H3,(H,17,19);7-8H2,1-6H3. The minimum atomic E-state index is -3.83. The average Bonchev–Trinajstić information content (AvgIpc) is 3.05. The van der Waals surface area contributed by atoms with Gasteiger partial charge in [0.1, 0.15) is 5.78 Å². The fraction of sp³-hybridized carbons (Fsp3) is 0.885. The Labute approximate surface area is 214 Å². The van der Waals surface area contributed by atoms with Gasteiger partial charge in [0.2, 0.25) is 15.9 Å². The van der Waals surface area contributed by atoms with Gasteiger partial charge in [0.25, 0.3) is 0 Å². The van der Waals surface area contributed by atoms with Crippen molar-refractivity contribution < 1.29 is 27.5 Å². The van der Waals surface area contributed by atoms with Gasteiger partial charge in [-0.1, -0.05) is 61.2 Å². The Balaban J connectivity index is 0.000000405. The zero-order valence-corrected chi connectivity index (χ0v) is 25.7. The summed E-state index contributed by atoms with van der Waals surface area (Å²) < 4.78 is 32.5. The number of rotatable bonds is 9. The van der Waals surface area contributed by atoms with Crippen LogP contribution in [0.4, 0.5) is 0 Å². The van der Waals surface area contributed by atoms with E-state index in [0.29, 0.717) is 25.5 Å². The number of ether oxygens (including phenoxy) is 1. The van der Waals surface area contributed by atoms with Crippen molar-refractivity contribution in [2.45, 2.75) is 107 Å². The van der Waals surface area contributed by atoms with Gasteiger partial charge < -0.3 is 4.74 Å². The molecule has 0 aliphatic heterocycles. The van der Waals surface area contributed by atoms with E-state index in [4.69, 9.17) is 4.74 Å². The molecule has 2 aliphatic carbocycles. The Bertz CT molecular complexity index is 917.